The van der Waals surface area contributed by atoms with Crippen molar-refractivity contribution < 1.29 is 9.53 Å². The smallest absolute Gasteiger partial charge is 0.283 e. The maximum absolute atomic E-state index is 13.1. The minimum Gasteiger partial charge on any atom is -0.495 e. The van der Waals surface area contributed by atoms with Gasteiger partial charge in [-0.05, 0) is 59.8 Å². The van der Waals surface area contributed by atoms with Gasteiger partial charge in [0, 0.05) is 35.6 Å². The van der Waals surface area contributed by atoms with E-state index in [1.54, 1.807) is 7.11 Å². The molecule has 0 radical (unpaired) electrons. The fourth-order valence-electron chi connectivity index (χ4n) is 5.85. The number of benzene rings is 2. The molecular weight excluding hydrogens is 496 g/mol. The van der Waals surface area contributed by atoms with Gasteiger partial charge in [0.2, 0.25) is 5.78 Å². The molecule has 1 aliphatic carbocycles. The van der Waals surface area contributed by atoms with Crippen LogP contribution in [0.25, 0.3) is 27.7 Å². The number of aldehydes is 1. The Bertz CT molecular complexity index is 1480. The highest BCUT2D eigenvalue weighted by molar-refractivity contribution is 9.10. The Morgan fingerprint density at radius 1 is 1.06 bits per heavy atom. The Balaban J connectivity index is 1.67. The minimum atomic E-state index is -0.215. The summed E-state index contributed by atoms with van der Waals surface area (Å²) >= 11 is 3.56. The molecule has 6 rings (SSSR count). The Morgan fingerprint density at radius 3 is 2.53 bits per heavy atom. The summed E-state index contributed by atoms with van der Waals surface area (Å²) in [7, 11) is 1.70. The molecule has 7 nitrogen and oxygen atoms in total. The number of rotatable bonds is 4. The molecule has 2 aromatic carbocycles. The summed E-state index contributed by atoms with van der Waals surface area (Å²) in [6, 6.07) is 10.4. The van der Waals surface area contributed by atoms with E-state index in [0.717, 1.165) is 77.5 Å². The van der Waals surface area contributed by atoms with Crippen LogP contribution in [-0.2, 0) is 4.79 Å². The maximum atomic E-state index is 13.1. The van der Waals surface area contributed by atoms with E-state index in [1.807, 2.05) is 18.2 Å². The number of carbonyl (C=O) groups excluding carboxylic acids is 1. The third-order valence-electron chi connectivity index (χ3n) is 7.60. The van der Waals surface area contributed by atoms with Crippen LogP contribution in [0.3, 0.4) is 0 Å². The van der Waals surface area contributed by atoms with E-state index in [9.17, 15) is 9.59 Å². The summed E-state index contributed by atoms with van der Waals surface area (Å²) in [5, 5.41) is 0.587. The summed E-state index contributed by atoms with van der Waals surface area (Å²) in [6.07, 6.45) is 7.32. The first-order valence-corrected chi connectivity index (χ1v) is 12.8. The first-order chi connectivity index (χ1) is 16.6. The number of piperidine rings is 1. The summed E-state index contributed by atoms with van der Waals surface area (Å²) in [4.78, 5) is 31.3. The summed E-state index contributed by atoms with van der Waals surface area (Å²) in [5.41, 5.74) is 3.72. The van der Waals surface area contributed by atoms with E-state index < -0.39 is 0 Å². The number of ether oxygens (including phenoxy) is 1. The molecule has 1 aliphatic heterocycles. The average Bonchev–Trinajstić information content (AvgIpc) is 3.49. The van der Waals surface area contributed by atoms with Crippen molar-refractivity contribution in [1.29, 1.82) is 0 Å². The van der Waals surface area contributed by atoms with E-state index in [1.165, 1.54) is 12.8 Å². The van der Waals surface area contributed by atoms with E-state index in [-0.39, 0.29) is 11.5 Å². The lowest BCUT2D eigenvalue weighted by Gasteiger charge is -2.32. The molecule has 0 bridgehead atoms. The molecule has 0 unspecified atom stereocenters. The summed E-state index contributed by atoms with van der Waals surface area (Å²) in [5.74, 6) is 1.62. The molecule has 0 amide bonds. The predicted molar refractivity (Wildman–Crippen MR) is 137 cm³/mol. The first kappa shape index (κ1) is 21.6. The van der Waals surface area contributed by atoms with Gasteiger partial charge in [-0.1, -0.05) is 18.9 Å². The van der Waals surface area contributed by atoms with Crippen LogP contribution in [0.5, 0.6) is 5.75 Å². The molecule has 0 atom stereocenters. The second kappa shape index (κ2) is 8.41. The molecule has 8 heteroatoms. The molecule has 176 valence electrons. The number of halogens is 1. The number of anilines is 1. The van der Waals surface area contributed by atoms with E-state index in [2.05, 4.69) is 46.9 Å². The number of imidazole rings is 1. The van der Waals surface area contributed by atoms with Gasteiger partial charge in [0.1, 0.15) is 12.0 Å². The van der Waals surface area contributed by atoms with Gasteiger partial charge in [-0.3, -0.25) is 9.20 Å². The van der Waals surface area contributed by atoms with Gasteiger partial charge in [0.05, 0.1) is 34.7 Å². The van der Waals surface area contributed by atoms with Crippen LogP contribution in [0, 0.1) is 5.92 Å². The van der Waals surface area contributed by atoms with Gasteiger partial charge < -0.3 is 19.0 Å². The maximum Gasteiger partial charge on any atom is 0.283 e. The fraction of sp³-hybridized carbons (Fsp3) is 0.423. The van der Waals surface area contributed by atoms with Crippen molar-refractivity contribution in [1.82, 2.24) is 14.0 Å². The van der Waals surface area contributed by atoms with Crippen LogP contribution in [-0.4, -0.2) is 40.4 Å². The average molecular weight is 523 g/mol. The molecular formula is C26H27BrN4O3. The zero-order valence-corrected chi connectivity index (χ0v) is 20.8. The highest BCUT2D eigenvalue weighted by Crippen LogP contribution is 2.41. The minimum absolute atomic E-state index is 0.135. The second-order valence-electron chi connectivity index (χ2n) is 9.47. The lowest BCUT2D eigenvalue weighted by Crippen LogP contribution is -2.34. The van der Waals surface area contributed by atoms with Crippen LogP contribution in [0.2, 0.25) is 0 Å². The van der Waals surface area contributed by atoms with Crippen LogP contribution >= 0.6 is 15.9 Å². The van der Waals surface area contributed by atoms with Gasteiger partial charge in [0.15, 0.2) is 0 Å². The molecule has 0 spiro atoms. The molecule has 2 aliphatic rings. The molecule has 4 aromatic rings. The molecule has 2 aromatic heterocycles. The number of nitrogens with zero attached hydrogens (tertiary/aromatic N) is 4. The van der Waals surface area contributed by atoms with Crippen molar-refractivity contribution in [2.45, 2.75) is 44.6 Å². The van der Waals surface area contributed by atoms with Crippen molar-refractivity contribution >= 4 is 55.6 Å². The Hall–Kier alpha value is -2.87. The number of carbonyl (C=O) groups is 1. The monoisotopic (exact) mass is 522 g/mol. The lowest BCUT2D eigenvalue weighted by molar-refractivity contribution is -0.111. The van der Waals surface area contributed by atoms with Gasteiger partial charge in [-0.2, -0.15) is 4.98 Å². The second-order valence-corrected chi connectivity index (χ2v) is 10.3. The number of fused-ring (bicyclic) bond motifs is 5. The predicted octanol–water partition coefficient (Wildman–Crippen LogP) is 5.10. The number of methoxy groups -OCH3 is 1. The zero-order chi connectivity index (χ0) is 23.4. The third-order valence-corrected chi connectivity index (χ3v) is 8.26. The Morgan fingerprint density at radius 2 is 1.82 bits per heavy atom. The lowest BCUT2D eigenvalue weighted by atomic mass is 9.98. The molecule has 3 heterocycles. The van der Waals surface area contributed by atoms with Gasteiger partial charge in [0.25, 0.3) is 5.56 Å². The van der Waals surface area contributed by atoms with Crippen LogP contribution < -0.4 is 15.2 Å². The first-order valence-electron chi connectivity index (χ1n) is 12.0. The van der Waals surface area contributed by atoms with Crippen molar-refractivity contribution in [2.24, 2.45) is 5.92 Å². The normalized spacial score (nSPS) is 17.9. The number of hydrogen-bond donors (Lipinski definition) is 0. The summed E-state index contributed by atoms with van der Waals surface area (Å²) in [6.45, 7) is 1.64. The van der Waals surface area contributed by atoms with Crippen LogP contribution in [0.15, 0.2) is 39.6 Å². The highest BCUT2D eigenvalue weighted by Gasteiger charge is 2.28. The summed E-state index contributed by atoms with van der Waals surface area (Å²) < 4.78 is 11.0. The Kier molecular flexibility index (Phi) is 5.36. The topological polar surface area (TPSA) is 68.8 Å². The van der Waals surface area contributed by atoms with Crippen LogP contribution in [0.4, 0.5) is 5.69 Å². The van der Waals surface area contributed by atoms with Crippen molar-refractivity contribution in [3.05, 3.63) is 45.2 Å². The number of hydrogen-bond acceptors (Lipinski definition) is 5. The SMILES string of the molecule is COc1cc2c(cc1N1CCC(C=O)CC1)n(C1CCCC1)c1nc(=O)c3c(Br)cccc3n21. The number of aromatic nitrogens is 3. The molecule has 1 saturated carbocycles. The van der Waals surface area contributed by atoms with Crippen molar-refractivity contribution in [2.75, 3.05) is 25.1 Å². The van der Waals surface area contributed by atoms with Gasteiger partial charge in [-0.15, -0.1) is 0 Å². The molecule has 0 N–H and O–H groups in total. The Labute approximate surface area is 205 Å². The van der Waals surface area contributed by atoms with Crippen molar-refractivity contribution in [3.8, 4) is 5.75 Å². The molecule has 1 saturated heterocycles. The van der Waals surface area contributed by atoms with Crippen molar-refractivity contribution in [3.63, 3.8) is 0 Å². The highest BCUT2D eigenvalue weighted by atomic mass is 79.9. The largest absolute Gasteiger partial charge is 0.495 e. The van der Waals surface area contributed by atoms with Gasteiger partial charge >= 0.3 is 0 Å². The molecule has 34 heavy (non-hydrogen) atoms. The molecule has 2 fully saturated rings. The van der Waals surface area contributed by atoms with Crippen LogP contribution in [0.1, 0.15) is 44.6 Å². The van der Waals surface area contributed by atoms with E-state index in [4.69, 9.17) is 4.74 Å². The fourth-order valence-corrected chi connectivity index (χ4v) is 6.38. The third kappa shape index (κ3) is 3.26. The van der Waals surface area contributed by atoms with Gasteiger partial charge in [-0.25, -0.2) is 0 Å². The zero-order valence-electron chi connectivity index (χ0n) is 19.2. The van der Waals surface area contributed by atoms with E-state index in [0.29, 0.717) is 17.2 Å². The quantitative estimate of drug-likeness (QED) is 0.348. The standard InChI is InChI=1S/C26H27BrN4O3/c1-34-23-14-21-20(13-22(23)29-11-9-16(15-32)10-12-29)30(17-5-2-3-6-17)26-28-25(33)24-18(27)7-4-8-19(24)31(21)26/h4,7-8,13-17H,2-3,5-6,9-12H2,1H3. The van der Waals surface area contributed by atoms with E-state index >= 15 is 0 Å².